The van der Waals surface area contributed by atoms with Crippen LogP contribution in [0.3, 0.4) is 0 Å². The fraction of sp³-hybridized carbons (Fsp3) is 0.882. The van der Waals surface area contributed by atoms with E-state index in [1.165, 1.54) is 0 Å². The fourth-order valence-electron chi connectivity index (χ4n) is 3.00. The molecule has 1 unspecified atom stereocenters. The summed E-state index contributed by atoms with van der Waals surface area (Å²) in [6, 6.07) is -0.303. The predicted octanol–water partition coefficient (Wildman–Crippen LogP) is 2.96. The highest BCUT2D eigenvalue weighted by Gasteiger charge is 2.48. The van der Waals surface area contributed by atoms with Gasteiger partial charge in [-0.3, -0.25) is 9.59 Å². The molecule has 1 rings (SSSR count). The van der Waals surface area contributed by atoms with Crippen molar-refractivity contribution in [1.82, 2.24) is 10.2 Å². The van der Waals surface area contributed by atoms with Crippen LogP contribution in [-0.4, -0.2) is 34.8 Å². The monoisotopic (exact) mass is 296 g/mol. The third-order valence-corrected chi connectivity index (χ3v) is 4.56. The van der Waals surface area contributed by atoms with Gasteiger partial charge >= 0.3 is 0 Å². The molecule has 1 saturated heterocycles. The maximum absolute atomic E-state index is 13.0. The largest absolute Gasteiger partial charge is 0.340 e. The number of carbonyl (C=O) groups excluding carboxylic acids is 2. The van der Waals surface area contributed by atoms with Crippen molar-refractivity contribution < 1.29 is 9.59 Å². The van der Waals surface area contributed by atoms with Crippen LogP contribution in [0.4, 0.5) is 0 Å². The third kappa shape index (κ3) is 3.98. The number of amides is 2. The lowest BCUT2D eigenvalue weighted by molar-refractivity contribution is -0.156. The van der Waals surface area contributed by atoms with Crippen LogP contribution in [0.5, 0.6) is 0 Å². The Bertz CT molecular complexity index is 373. The minimum absolute atomic E-state index is 0.0238. The van der Waals surface area contributed by atoms with Gasteiger partial charge in [-0.25, -0.2) is 0 Å². The first-order valence-electron chi connectivity index (χ1n) is 8.40. The number of rotatable bonds is 7. The number of hydrogen-bond donors (Lipinski definition) is 1. The Morgan fingerprint density at radius 2 is 1.67 bits per heavy atom. The minimum atomic E-state index is -0.693. The van der Waals surface area contributed by atoms with Crippen LogP contribution in [0.15, 0.2) is 0 Å². The number of hydrogen-bond acceptors (Lipinski definition) is 2. The van der Waals surface area contributed by atoms with Crippen molar-refractivity contribution >= 4 is 11.8 Å². The van der Waals surface area contributed by atoms with E-state index in [2.05, 4.69) is 33.0 Å². The smallest absolute Gasteiger partial charge is 0.248 e. The quantitative estimate of drug-likeness (QED) is 0.785. The van der Waals surface area contributed by atoms with Gasteiger partial charge < -0.3 is 10.2 Å². The summed E-state index contributed by atoms with van der Waals surface area (Å²) in [6.07, 6.45) is 2.98. The zero-order chi connectivity index (χ0) is 16.2. The van der Waals surface area contributed by atoms with Crippen LogP contribution in [0.1, 0.15) is 67.2 Å². The number of carbonyl (C=O) groups is 2. The summed E-state index contributed by atoms with van der Waals surface area (Å²) in [7, 11) is 0. The Kier molecular flexibility index (Phi) is 6.24. The highest BCUT2D eigenvalue weighted by atomic mass is 16.2. The number of piperazine rings is 1. The van der Waals surface area contributed by atoms with Crippen molar-refractivity contribution in [2.75, 3.05) is 6.54 Å². The van der Waals surface area contributed by atoms with Gasteiger partial charge in [-0.1, -0.05) is 41.5 Å². The zero-order valence-corrected chi connectivity index (χ0v) is 14.5. The van der Waals surface area contributed by atoms with E-state index in [1.54, 1.807) is 0 Å². The molecule has 0 saturated carbocycles. The Labute approximate surface area is 129 Å². The van der Waals surface area contributed by atoms with Crippen LogP contribution < -0.4 is 5.32 Å². The van der Waals surface area contributed by atoms with Crippen LogP contribution in [-0.2, 0) is 9.59 Å². The maximum atomic E-state index is 13.0. The van der Waals surface area contributed by atoms with Crippen molar-refractivity contribution in [3.05, 3.63) is 0 Å². The second-order valence-corrected chi connectivity index (χ2v) is 7.10. The van der Waals surface area contributed by atoms with Crippen LogP contribution in [0.25, 0.3) is 0 Å². The topological polar surface area (TPSA) is 49.4 Å². The first kappa shape index (κ1) is 18.0. The van der Waals surface area contributed by atoms with Gasteiger partial charge in [0.25, 0.3) is 0 Å². The summed E-state index contributed by atoms with van der Waals surface area (Å²) in [6.45, 7) is 13.1. The van der Waals surface area contributed by atoms with E-state index >= 15 is 0 Å². The molecule has 0 aliphatic carbocycles. The molecule has 1 aliphatic heterocycles. The summed E-state index contributed by atoms with van der Waals surface area (Å²) in [5.41, 5.74) is -0.693. The molecule has 2 amide bonds. The molecule has 0 bridgehead atoms. The van der Waals surface area contributed by atoms with E-state index in [9.17, 15) is 9.59 Å². The van der Waals surface area contributed by atoms with Gasteiger partial charge in [-0.15, -0.1) is 0 Å². The van der Waals surface area contributed by atoms with Crippen molar-refractivity contribution in [1.29, 1.82) is 0 Å². The first-order valence-corrected chi connectivity index (χ1v) is 8.40. The zero-order valence-electron chi connectivity index (χ0n) is 14.5. The van der Waals surface area contributed by atoms with E-state index in [0.717, 1.165) is 12.8 Å². The van der Waals surface area contributed by atoms with Gasteiger partial charge in [0, 0.05) is 6.54 Å². The summed E-state index contributed by atoms with van der Waals surface area (Å²) in [5.74, 6) is 1.06. The molecule has 4 nitrogen and oxygen atoms in total. The Morgan fingerprint density at radius 3 is 2.10 bits per heavy atom. The second-order valence-electron chi connectivity index (χ2n) is 7.10. The molecular weight excluding hydrogens is 264 g/mol. The van der Waals surface area contributed by atoms with Crippen molar-refractivity contribution in [3.8, 4) is 0 Å². The molecule has 0 aromatic carbocycles. The second kappa shape index (κ2) is 7.28. The molecular formula is C17H32N2O2. The third-order valence-electron chi connectivity index (χ3n) is 4.56. The lowest BCUT2D eigenvalue weighted by Gasteiger charge is -2.46. The molecule has 1 heterocycles. The van der Waals surface area contributed by atoms with Gasteiger partial charge in [0.05, 0.1) is 0 Å². The van der Waals surface area contributed by atoms with Gasteiger partial charge in [0.15, 0.2) is 0 Å². The molecule has 1 fully saturated rings. The van der Waals surface area contributed by atoms with Crippen molar-refractivity contribution in [3.63, 3.8) is 0 Å². The van der Waals surface area contributed by atoms with Gasteiger partial charge in [0.2, 0.25) is 11.8 Å². The van der Waals surface area contributed by atoms with Crippen LogP contribution >= 0.6 is 0 Å². The average Bonchev–Trinajstić information content (AvgIpc) is 2.41. The van der Waals surface area contributed by atoms with E-state index in [4.69, 9.17) is 0 Å². The van der Waals surface area contributed by atoms with Crippen LogP contribution in [0.2, 0.25) is 0 Å². The summed E-state index contributed by atoms with van der Waals surface area (Å²) < 4.78 is 0. The fourth-order valence-corrected chi connectivity index (χ4v) is 3.00. The van der Waals surface area contributed by atoms with Gasteiger partial charge in [-0.05, 0) is 37.5 Å². The lowest BCUT2D eigenvalue weighted by Crippen LogP contribution is -2.70. The number of nitrogens with zero attached hydrogens (tertiary/aromatic N) is 1. The van der Waals surface area contributed by atoms with E-state index in [0.29, 0.717) is 31.2 Å². The summed E-state index contributed by atoms with van der Waals surface area (Å²) >= 11 is 0. The normalized spacial score (nSPS) is 22.1. The predicted molar refractivity (Wildman–Crippen MR) is 85.9 cm³/mol. The maximum Gasteiger partial charge on any atom is 0.248 e. The van der Waals surface area contributed by atoms with E-state index < -0.39 is 5.54 Å². The molecule has 0 aromatic rings. The van der Waals surface area contributed by atoms with Gasteiger partial charge in [0.1, 0.15) is 11.6 Å². The molecule has 122 valence electrons. The Balaban J connectivity index is 3.04. The minimum Gasteiger partial charge on any atom is -0.340 e. The van der Waals surface area contributed by atoms with Crippen molar-refractivity contribution in [2.24, 2.45) is 11.8 Å². The Morgan fingerprint density at radius 1 is 1.10 bits per heavy atom. The van der Waals surface area contributed by atoms with Crippen LogP contribution in [0, 0.1) is 11.8 Å². The molecule has 0 aromatic heterocycles. The molecule has 21 heavy (non-hydrogen) atoms. The molecule has 1 atom stereocenters. The SMILES string of the molecule is CCC1(CC)NC(=O)C(CC(C)C)N(CCC(C)C)C1=O. The van der Waals surface area contributed by atoms with E-state index in [-0.39, 0.29) is 17.9 Å². The molecule has 1 N–H and O–H groups in total. The Hall–Kier alpha value is -1.06. The average molecular weight is 296 g/mol. The number of nitrogens with one attached hydrogen (secondary N) is 1. The van der Waals surface area contributed by atoms with Crippen molar-refractivity contribution in [2.45, 2.75) is 78.8 Å². The highest BCUT2D eigenvalue weighted by Crippen LogP contribution is 2.28. The lowest BCUT2D eigenvalue weighted by atomic mass is 9.85. The van der Waals surface area contributed by atoms with E-state index in [1.807, 2.05) is 18.7 Å². The highest BCUT2D eigenvalue weighted by molar-refractivity contribution is 5.99. The molecule has 0 radical (unpaired) electrons. The standard InChI is InChI=1S/C17H32N2O2/c1-7-17(8-2)16(21)19(10-9-12(3)4)14(11-13(5)6)15(20)18-17/h12-14H,7-11H2,1-6H3,(H,18,20). The summed E-state index contributed by atoms with van der Waals surface area (Å²) in [5, 5.41) is 3.02. The van der Waals surface area contributed by atoms with Gasteiger partial charge in [-0.2, -0.15) is 0 Å². The molecule has 0 spiro atoms. The molecule has 1 aliphatic rings. The first-order chi connectivity index (χ1) is 9.77. The summed E-state index contributed by atoms with van der Waals surface area (Å²) in [4.78, 5) is 27.4. The molecule has 4 heteroatoms.